The topological polar surface area (TPSA) is 17.1 Å². The number of carbonyl (C=O) groups excluding carboxylic acids is 1. The fourth-order valence-corrected chi connectivity index (χ4v) is 11.4. The molecule has 0 heterocycles. The first kappa shape index (κ1) is 26.4. The van der Waals surface area contributed by atoms with Crippen molar-refractivity contribution in [2.24, 2.45) is 52.3 Å². The first-order chi connectivity index (χ1) is 16.7. The van der Waals surface area contributed by atoms with Gasteiger partial charge in [-0.1, -0.05) is 90.1 Å². The molecule has 8 atom stereocenters. The average Bonchev–Trinajstić information content (AvgIpc) is 3.47. The van der Waals surface area contributed by atoms with Gasteiger partial charge in [-0.2, -0.15) is 0 Å². The lowest BCUT2D eigenvalue weighted by Crippen LogP contribution is -2.50. The van der Waals surface area contributed by atoms with Crippen molar-refractivity contribution in [3.63, 3.8) is 0 Å². The molecule has 5 aliphatic carbocycles. The molecule has 5 rings (SSSR count). The minimum atomic E-state index is 0.372. The Morgan fingerprint density at radius 2 is 1.74 bits per heavy atom. The first-order valence-electron chi connectivity index (χ1n) is 15.6. The second kappa shape index (κ2) is 10.5. The lowest BCUT2D eigenvalue weighted by Gasteiger charge is -2.58. The lowest BCUT2D eigenvalue weighted by molar-refractivity contribution is -0.114. The largest absolute Gasteiger partial charge is 0.287 e. The van der Waals surface area contributed by atoms with Gasteiger partial charge >= 0.3 is 0 Å². The quantitative estimate of drug-likeness (QED) is 0.325. The van der Waals surface area contributed by atoms with Crippen LogP contribution in [0.15, 0.2) is 11.6 Å². The minimum Gasteiger partial charge on any atom is -0.287 e. The van der Waals surface area contributed by atoms with Crippen LogP contribution in [-0.4, -0.2) is 10.4 Å². The number of rotatable bonds is 7. The van der Waals surface area contributed by atoms with Crippen molar-refractivity contribution in [3.05, 3.63) is 11.6 Å². The molecule has 5 aliphatic rings. The summed E-state index contributed by atoms with van der Waals surface area (Å²) in [5.74, 6) is 5.83. The van der Waals surface area contributed by atoms with Crippen molar-refractivity contribution < 1.29 is 4.79 Å². The number of hydrogen-bond donors (Lipinski definition) is 0. The van der Waals surface area contributed by atoms with Crippen molar-refractivity contribution >= 4 is 16.9 Å². The van der Waals surface area contributed by atoms with Gasteiger partial charge in [-0.15, -0.1) is 0 Å². The van der Waals surface area contributed by atoms with E-state index in [2.05, 4.69) is 40.7 Å². The summed E-state index contributed by atoms with van der Waals surface area (Å²) >= 11 is 1.75. The van der Waals surface area contributed by atoms with Crippen molar-refractivity contribution in [2.45, 2.75) is 136 Å². The monoisotopic (exact) mass is 498 g/mol. The fourth-order valence-electron chi connectivity index (χ4n) is 10.2. The Morgan fingerprint density at radius 1 is 0.971 bits per heavy atom. The van der Waals surface area contributed by atoms with E-state index in [0.717, 1.165) is 48.3 Å². The number of allylic oxidation sites excluding steroid dienone is 2. The third-order valence-electron chi connectivity index (χ3n) is 12.2. The molecule has 0 aromatic heterocycles. The van der Waals surface area contributed by atoms with Crippen LogP contribution in [0, 0.1) is 52.3 Å². The lowest BCUT2D eigenvalue weighted by atomic mass is 9.47. The van der Waals surface area contributed by atoms with Crippen LogP contribution in [-0.2, 0) is 4.79 Å². The zero-order valence-corrected chi connectivity index (χ0v) is 24.4. The van der Waals surface area contributed by atoms with Gasteiger partial charge in [0.15, 0.2) is 5.12 Å². The molecular weight excluding hydrogens is 444 g/mol. The number of hydrogen-bond acceptors (Lipinski definition) is 2. The smallest absolute Gasteiger partial charge is 0.192 e. The van der Waals surface area contributed by atoms with E-state index < -0.39 is 0 Å². The molecule has 198 valence electrons. The van der Waals surface area contributed by atoms with Gasteiger partial charge in [-0.05, 0) is 111 Å². The highest BCUT2D eigenvalue weighted by Crippen LogP contribution is 2.67. The Labute approximate surface area is 221 Å². The number of carbonyl (C=O) groups is 1. The average molecular weight is 499 g/mol. The van der Waals surface area contributed by atoms with Gasteiger partial charge in [-0.3, -0.25) is 4.79 Å². The third kappa shape index (κ3) is 4.97. The molecule has 0 aliphatic heterocycles. The van der Waals surface area contributed by atoms with E-state index in [1.54, 1.807) is 17.3 Å². The maximum absolute atomic E-state index is 12.9. The fraction of sp³-hybridized carbons (Fsp3) is 0.909. The van der Waals surface area contributed by atoms with Gasteiger partial charge in [-0.25, -0.2) is 0 Å². The van der Waals surface area contributed by atoms with Gasteiger partial charge in [0.1, 0.15) is 0 Å². The van der Waals surface area contributed by atoms with Gasteiger partial charge < -0.3 is 0 Å². The summed E-state index contributed by atoms with van der Waals surface area (Å²) in [6, 6.07) is 0. The van der Waals surface area contributed by atoms with E-state index in [1.165, 1.54) is 83.5 Å². The predicted molar refractivity (Wildman–Crippen MR) is 151 cm³/mol. The molecule has 0 unspecified atom stereocenters. The molecule has 2 heteroatoms. The van der Waals surface area contributed by atoms with E-state index in [4.69, 9.17) is 0 Å². The van der Waals surface area contributed by atoms with E-state index in [9.17, 15) is 4.79 Å². The zero-order valence-electron chi connectivity index (χ0n) is 23.6. The van der Waals surface area contributed by atoms with Gasteiger partial charge in [0.2, 0.25) is 0 Å². The number of fused-ring (bicyclic) bond motifs is 5. The van der Waals surface area contributed by atoms with E-state index in [-0.39, 0.29) is 0 Å². The predicted octanol–water partition coefficient (Wildman–Crippen LogP) is 9.85. The van der Waals surface area contributed by atoms with E-state index >= 15 is 0 Å². The molecule has 0 aromatic carbocycles. The standard InChI is InChI=1S/C33H54OS/c1-22(2)9-8-10-23(3)28-15-16-29-27-14-13-25-21-26(35-31(34)24-11-6-7-12-24)17-19-32(25,4)30(27)18-20-33(28,29)5/h13,22-24,26-30H,6-12,14-21H2,1-5H3/t23-,26+,27-,28+,29-,30-,32+,33-/m1/s1. The second-order valence-corrected chi connectivity index (χ2v) is 15.9. The van der Waals surface area contributed by atoms with Crippen molar-refractivity contribution in [2.75, 3.05) is 0 Å². The van der Waals surface area contributed by atoms with Gasteiger partial charge in [0.05, 0.1) is 0 Å². The van der Waals surface area contributed by atoms with Gasteiger partial charge in [0.25, 0.3) is 0 Å². The van der Waals surface area contributed by atoms with E-state index in [0.29, 0.717) is 27.1 Å². The van der Waals surface area contributed by atoms with Crippen molar-refractivity contribution in [1.29, 1.82) is 0 Å². The maximum Gasteiger partial charge on any atom is 0.192 e. The van der Waals surface area contributed by atoms with Gasteiger partial charge in [0, 0.05) is 11.2 Å². The highest BCUT2D eigenvalue weighted by Gasteiger charge is 2.59. The molecule has 0 aromatic rings. The van der Waals surface area contributed by atoms with Crippen LogP contribution in [0.4, 0.5) is 0 Å². The summed E-state index contributed by atoms with van der Waals surface area (Å²) in [6.45, 7) is 12.7. The minimum absolute atomic E-state index is 0.372. The summed E-state index contributed by atoms with van der Waals surface area (Å²) in [6.07, 6.45) is 22.8. The Bertz CT molecular complexity index is 793. The Balaban J connectivity index is 1.24. The maximum atomic E-state index is 12.9. The zero-order chi connectivity index (χ0) is 24.8. The molecule has 0 bridgehead atoms. The molecule has 4 fully saturated rings. The SMILES string of the molecule is CC(C)CCC[C@@H](C)[C@@H]1CC[C@@H]2[C@H]3CC=C4C[C@@H](SC(=O)C5CCCC5)CC[C@]4(C)[C@@H]3CC[C@@]21C. The summed E-state index contributed by atoms with van der Waals surface area (Å²) < 4.78 is 0. The molecule has 0 amide bonds. The summed E-state index contributed by atoms with van der Waals surface area (Å²) in [4.78, 5) is 12.9. The molecule has 35 heavy (non-hydrogen) atoms. The Hall–Kier alpha value is -0.240. The van der Waals surface area contributed by atoms with Crippen LogP contribution < -0.4 is 0 Å². The Kier molecular flexibility index (Phi) is 7.91. The molecular formula is C33H54OS. The summed E-state index contributed by atoms with van der Waals surface area (Å²) in [5.41, 5.74) is 2.75. The molecule has 0 saturated heterocycles. The van der Waals surface area contributed by atoms with Crippen LogP contribution in [0.1, 0.15) is 131 Å². The number of thioether (sulfide) groups is 1. The van der Waals surface area contributed by atoms with Crippen LogP contribution in [0.3, 0.4) is 0 Å². The highest BCUT2D eigenvalue weighted by molar-refractivity contribution is 8.14. The third-order valence-corrected chi connectivity index (χ3v) is 13.5. The van der Waals surface area contributed by atoms with Crippen LogP contribution >= 0.6 is 11.8 Å². The van der Waals surface area contributed by atoms with Crippen molar-refractivity contribution in [1.82, 2.24) is 0 Å². The van der Waals surface area contributed by atoms with Crippen LogP contribution in [0.5, 0.6) is 0 Å². The molecule has 0 spiro atoms. The van der Waals surface area contributed by atoms with Crippen molar-refractivity contribution in [3.8, 4) is 0 Å². The van der Waals surface area contributed by atoms with Crippen LogP contribution in [0.2, 0.25) is 0 Å². The normalized spacial score (nSPS) is 42.3. The summed E-state index contributed by atoms with van der Waals surface area (Å²) in [5, 5.41) is 1.08. The highest BCUT2D eigenvalue weighted by atomic mass is 32.2. The molecule has 1 nitrogen and oxygen atoms in total. The summed E-state index contributed by atoms with van der Waals surface area (Å²) in [7, 11) is 0. The second-order valence-electron chi connectivity index (χ2n) is 14.6. The molecule has 0 N–H and O–H groups in total. The van der Waals surface area contributed by atoms with E-state index in [1.807, 2.05) is 0 Å². The molecule has 4 saturated carbocycles. The molecule has 0 radical (unpaired) electrons. The van der Waals surface area contributed by atoms with Crippen LogP contribution in [0.25, 0.3) is 0 Å². The Morgan fingerprint density at radius 3 is 2.49 bits per heavy atom. The first-order valence-corrected chi connectivity index (χ1v) is 16.5.